The van der Waals surface area contributed by atoms with E-state index in [0.717, 1.165) is 11.1 Å². The van der Waals surface area contributed by atoms with Crippen LogP contribution in [0.4, 0.5) is 0 Å². The van der Waals surface area contributed by atoms with E-state index in [-0.39, 0.29) is 38.0 Å². The van der Waals surface area contributed by atoms with E-state index >= 15 is 0 Å². The molecule has 0 aliphatic carbocycles. The average molecular weight is 727 g/mol. The lowest BCUT2D eigenvalue weighted by Gasteiger charge is -2.25. The highest BCUT2D eigenvalue weighted by atomic mass is 16.2. The van der Waals surface area contributed by atoms with Crippen LogP contribution in [-0.2, 0) is 32.3 Å². The molecule has 2 aromatic heterocycles. The van der Waals surface area contributed by atoms with Gasteiger partial charge < -0.3 is 26.2 Å². The summed E-state index contributed by atoms with van der Waals surface area (Å²) in [5, 5.41) is 27.3. The average Bonchev–Trinajstić information content (AvgIpc) is 3.74. The lowest BCUT2D eigenvalue weighted by molar-refractivity contribution is -0.132. The van der Waals surface area contributed by atoms with Crippen molar-refractivity contribution in [2.75, 3.05) is 19.6 Å². The molecule has 5 rings (SSSR count). The molecule has 0 unspecified atom stereocenters. The molecular weight excluding hydrogens is 680 g/mol. The number of carbonyl (C=O) groups is 5. The van der Waals surface area contributed by atoms with Crippen LogP contribution in [0, 0.1) is 12.8 Å². The third-order valence-electron chi connectivity index (χ3n) is 8.68. The van der Waals surface area contributed by atoms with Crippen LogP contribution < -0.4 is 21.3 Å². The summed E-state index contributed by atoms with van der Waals surface area (Å²) in [4.78, 5) is 73.3. The smallest absolute Gasteiger partial charge is 0.254 e. The highest BCUT2D eigenvalue weighted by Gasteiger charge is 2.29. The Morgan fingerprint density at radius 3 is 2.30 bits per heavy atom. The van der Waals surface area contributed by atoms with Crippen molar-refractivity contribution in [3.05, 3.63) is 77.4 Å². The molecule has 1 aliphatic rings. The van der Waals surface area contributed by atoms with Crippen LogP contribution in [0.25, 0.3) is 11.4 Å². The van der Waals surface area contributed by atoms with Gasteiger partial charge in [0.1, 0.15) is 30.3 Å². The van der Waals surface area contributed by atoms with Gasteiger partial charge in [-0.05, 0) is 67.7 Å². The molecule has 5 amide bonds. The molecule has 0 fully saturated rings. The van der Waals surface area contributed by atoms with Crippen molar-refractivity contribution in [2.24, 2.45) is 5.92 Å². The molecule has 3 heterocycles. The fourth-order valence-electron chi connectivity index (χ4n) is 5.85. The number of aryl methyl sites for hydroxylation is 1. The van der Waals surface area contributed by atoms with Gasteiger partial charge in [-0.25, -0.2) is 14.3 Å². The van der Waals surface area contributed by atoms with Gasteiger partial charge in [-0.15, -0.1) is 5.10 Å². The number of hydrogen-bond donors (Lipinski definition) is 4. The molecule has 0 saturated heterocycles. The number of tetrazole rings is 1. The first-order valence-electron chi connectivity index (χ1n) is 17.7. The molecule has 1 aliphatic heterocycles. The number of aromatic nitrogens is 7. The molecule has 4 N–H and O–H groups in total. The van der Waals surface area contributed by atoms with Crippen LogP contribution in [0.1, 0.15) is 74.1 Å². The Morgan fingerprint density at radius 2 is 1.62 bits per heavy atom. The maximum atomic E-state index is 13.7. The lowest BCUT2D eigenvalue weighted by Crippen LogP contribution is -2.54. The predicted octanol–water partition coefficient (Wildman–Crippen LogP) is 1.16. The first-order valence-corrected chi connectivity index (χ1v) is 17.7. The van der Waals surface area contributed by atoms with Crippen LogP contribution in [0.3, 0.4) is 0 Å². The van der Waals surface area contributed by atoms with Crippen LogP contribution in [0.15, 0.2) is 54.6 Å². The van der Waals surface area contributed by atoms with E-state index < -0.39 is 41.8 Å². The third-order valence-corrected chi connectivity index (χ3v) is 8.68. The number of carbonyl (C=O) groups excluding carboxylic acids is 5. The molecule has 2 aromatic carbocycles. The maximum Gasteiger partial charge on any atom is 0.254 e. The van der Waals surface area contributed by atoms with E-state index in [1.807, 2.05) is 44.2 Å². The highest BCUT2D eigenvalue weighted by Crippen LogP contribution is 2.20. The molecule has 4 aromatic rings. The van der Waals surface area contributed by atoms with Crippen LogP contribution in [0.5, 0.6) is 0 Å². The first kappa shape index (κ1) is 38.2. The van der Waals surface area contributed by atoms with Gasteiger partial charge in [0.2, 0.25) is 23.6 Å². The van der Waals surface area contributed by atoms with Gasteiger partial charge in [0.15, 0.2) is 5.82 Å². The van der Waals surface area contributed by atoms with Gasteiger partial charge in [-0.1, -0.05) is 56.3 Å². The Hall–Kier alpha value is -6.00. The van der Waals surface area contributed by atoms with Gasteiger partial charge >= 0.3 is 0 Å². The highest BCUT2D eigenvalue weighted by molar-refractivity contribution is 5.97. The number of benzene rings is 2. The van der Waals surface area contributed by atoms with Crippen LogP contribution >= 0.6 is 0 Å². The minimum absolute atomic E-state index is 0.0437. The predicted molar refractivity (Wildman–Crippen MR) is 193 cm³/mol. The van der Waals surface area contributed by atoms with Gasteiger partial charge in [-0.2, -0.15) is 5.10 Å². The van der Waals surface area contributed by atoms with Crippen molar-refractivity contribution in [2.45, 2.75) is 78.7 Å². The Bertz CT molecular complexity index is 1910. The zero-order valence-electron chi connectivity index (χ0n) is 30.6. The minimum atomic E-state index is -1.01. The zero-order valence-corrected chi connectivity index (χ0v) is 30.6. The van der Waals surface area contributed by atoms with E-state index in [4.69, 9.17) is 0 Å². The van der Waals surface area contributed by atoms with Crippen molar-refractivity contribution in [1.29, 1.82) is 0 Å². The fourth-order valence-corrected chi connectivity index (χ4v) is 5.85. The quantitative estimate of drug-likeness (QED) is 0.223. The number of amides is 5. The van der Waals surface area contributed by atoms with E-state index in [1.165, 1.54) is 16.5 Å². The van der Waals surface area contributed by atoms with Crippen molar-refractivity contribution in [3.63, 3.8) is 0 Å². The van der Waals surface area contributed by atoms with Crippen molar-refractivity contribution in [1.82, 2.24) is 61.1 Å². The van der Waals surface area contributed by atoms with Gasteiger partial charge in [0, 0.05) is 24.2 Å². The number of nitrogens with zero attached hydrogens (tertiary/aromatic N) is 8. The number of rotatable bonds is 6. The second-order valence-electron chi connectivity index (χ2n) is 13.5. The molecule has 3 atom stereocenters. The Kier molecular flexibility index (Phi) is 12.6. The summed E-state index contributed by atoms with van der Waals surface area (Å²) in [5.74, 6) is -0.875. The summed E-state index contributed by atoms with van der Waals surface area (Å²) < 4.78 is 3.09. The molecule has 0 radical (unpaired) electrons. The molecule has 280 valence electrons. The molecule has 0 bridgehead atoms. The second kappa shape index (κ2) is 17.5. The zero-order chi connectivity index (χ0) is 38.1. The fraction of sp³-hybridized carbons (Fsp3) is 0.444. The summed E-state index contributed by atoms with van der Waals surface area (Å²) in [6.45, 7) is 9.14. The van der Waals surface area contributed by atoms with E-state index in [0.29, 0.717) is 42.4 Å². The van der Waals surface area contributed by atoms with E-state index in [1.54, 1.807) is 42.8 Å². The minimum Gasteiger partial charge on any atom is -0.354 e. The Labute approximate surface area is 307 Å². The number of hydrogen-bond acceptors (Lipinski definition) is 10. The maximum absolute atomic E-state index is 13.7. The summed E-state index contributed by atoms with van der Waals surface area (Å²) in [6.07, 6.45) is 0.659. The van der Waals surface area contributed by atoms with E-state index in [9.17, 15) is 24.0 Å². The topological polar surface area (TPSA) is 211 Å². The summed E-state index contributed by atoms with van der Waals surface area (Å²) in [7, 11) is 0. The monoisotopic (exact) mass is 726 g/mol. The largest absolute Gasteiger partial charge is 0.354 e. The summed E-state index contributed by atoms with van der Waals surface area (Å²) in [5.41, 5.74) is 1.97. The molecular formula is C36H46N12O5. The standard InChI is InChI=1S/C36H46N12O5/c1-22(2)18-29-35(52)39-23(3)33-41-32(27-10-7-6-8-11-27)43-48(33)21-30(49)37-16-9-17-46(20-31(50)38-24(4)34(51)40-29)36(53)28-14-12-26(13-15-28)19-47-25(5)42-44-45-47/h6-8,10-15,22-24,29H,9,16-21H2,1-5H3,(H,37,49)(H,38,50)(H,39,52)(H,40,51)/t23-,24+,29+/m0/s1. The van der Waals surface area contributed by atoms with Crippen molar-refractivity contribution < 1.29 is 24.0 Å². The van der Waals surface area contributed by atoms with Gasteiger partial charge in [0.25, 0.3) is 5.91 Å². The van der Waals surface area contributed by atoms with Crippen LogP contribution in [-0.4, -0.2) is 101 Å². The number of fused-ring (bicyclic) bond motifs is 1. The summed E-state index contributed by atoms with van der Waals surface area (Å²) >= 11 is 0. The Morgan fingerprint density at radius 1 is 0.887 bits per heavy atom. The second-order valence-corrected chi connectivity index (χ2v) is 13.5. The Balaban J connectivity index is 1.38. The van der Waals surface area contributed by atoms with Gasteiger partial charge in [0.05, 0.1) is 19.1 Å². The van der Waals surface area contributed by atoms with Gasteiger partial charge in [-0.3, -0.25) is 24.0 Å². The normalized spacial score (nSPS) is 19.6. The van der Waals surface area contributed by atoms with E-state index in [2.05, 4.69) is 46.9 Å². The third kappa shape index (κ3) is 10.3. The van der Waals surface area contributed by atoms with Crippen LogP contribution in [0.2, 0.25) is 0 Å². The molecule has 53 heavy (non-hydrogen) atoms. The lowest BCUT2D eigenvalue weighted by atomic mass is 10.0. The molecule has 17 heteroatoms. The first-order chi connectivity index (χ1) is 25.4. The molecule has 17 nitrogen and oxygen atoms in total. The SMILES string of the molecule is Cc1nnnn1Cc1ccc(C(=O)N2CCCNC(=O)Cn3nc(-c4ccccc4)nc3[C@H](C)NC(=O)[C@@H](CC(C)C)NC(=O)[C@@H](C)NC(=O)C2)cc1. The van der Waals surface area contributed by atoms with Crippen molar-refractivity contribution >= 4 is 29.5 Å². The van der Waals surface area contributed by atoms with Crippen molar-refractivity contribution in [3.8, 4) is 11.4 Å². The number of nitrogens with one attached hydrogen (secondary N) is 4. The molecule has 0 spiro atoms. The summed E-state index contributed by atoms with van der Waals surface area (Å²) in [6, 6.07) is 13.6. The molecule has 0 saturated carbocycles.